The highest BCUT2D eigenvalue weighted by Gasteiger charge is 2.44. The quantitative estimate of drug-likeness (QED) is 0.135. The number of rotatable bonds is 8. The van der Waals surface area contributed by atoms with Crippen LogP contribution >= 0.6 is 0 Å². The minimum absolute atomic E-state index is 0.354. The van der Waals surface area contributed by atoms with Gasteiger partial charge in [-0.15, -0.1) is 62.2 Å². The van der Waals surface area contributed by atoms with E-state index in [0.717, 1.165) is 99.2 Å². The summed E-state index contributed by atoms with van der Waals surface area (Å²) in [6.45, 7) is 0.707. The highest BCUT2D eigenvalue weighted by Crippen LogP contribution is 2.58. The Hall–Kier alpha value is -8.50. The third kappa shape index (κ3) is 5.01. The Bertz CT molecular complexity index is 3480. The second kappa shape index (κ2) is 14.6. The summed E-state index contributed by atoms with van der Waals surface area (Å²) in [5.74, 6) is 18.2. The Labute approximate surface area is 375 Å². The summed E-state index contributed by atoms with van der Waals surface area (Å²) >= 11 is 0. The maximum absolute atomic E-state index is 6.33. The molecule has 298 valence electrons. The molecule has 0 amide bonds. The second-order valence-electron chi connectivity index (χ2n) is 17.1. The molecule has 0 fully saturated rings. The van der Waals surface area contributed by atoms with Crippen LogP contribution in [0.15, 0.2) is 133 Å². The molecule has 2 aliphatic carbocycles. The zero-order valence-corrected chi connectivity index (χ0v) is 35.3. The first-order valence-corrected chi connectivity index (χ1v) is 21.6. The second-order valence-corrected chi connectivity index (χ2v) is 17.1. The Morgan fingerprint density at radius 1 is 0.375 bits per heavy atom. The number of hydrogen-bond acceptors (Lipinski definition) is 0. The van der Waals surface area contributed by atoms with Gasteiger partial charge in [0.1, 0.15) is 0 Å². The van der Waals surface area contributed by atoms with Gasteiger partial charge in [-0.1, -0.05) is 121 Å². The lowest BCUT2D eigenvalue weighted by molar-refractivity contribution is 0.560. The molecule has 0 atom stereocenters. The van der Waals surface area contributed by atoms with Gasteiger partial charge in [0.05, 0.1) is 35.2 Å². The van der Waals surface area contributed by atoms with Crippen LogP contribution in [-0.2, 0) is 23.9 Å². The van der Waals surface area contributed by atoms with E-state index in [1.807, 2.05) is 0 Å². The Balaban J connectivity index is 1.35. The molecule has 0 bridgehead atoms. The average Bonchev–Trinajstić information content (AvgIpc) is 4.00. The molecule has 0 N–H and O–H groups in total. The molecule has 11 rings (SSSR count). The van der Waals surface area contributed by atoms with E-state index < -0.39 is 10.8 Å². The monoisotopic (exact) mass is 812 g/mol. The molecule has 2 aromatic heterocycles. The first-order valence-electron chi connectivity index (χ1n) is 21.6. The van der Waals surface area contributed by atoms with Crippen LogP contribution in [0.1, 0.15) is 47.9 Å². The van der Waals surface area contributed by atoms with Gasteiger partial charge in [-0.05, 0) is 79.9 Å². The zero-order chi connectivity index (χ0) is 43.7. The third-order valence-corrected chi connectivity index (χ3v) is 14.1. The smallest absolute Gasteiger partial charge is 0.0841 e. The van der Waals surface area contributed by atoms with Crippen LogP contribution in [0.3, 0.4) is 0 Å². The van der Waals surface area contributed by atoms with Crippen molar-refractivity contribution in [3.05, 3.63) is 156 Å². The standard InChI is InChI=1S/C62H40N2/c1-7-33-61(34-8-2)49-25-17-13-21-43(49)45-31-29-41(39-51(45)61)55-57-47-23-15-19-27-53(47)64(38-12-6)60(57)56(58-48-24-16-20-28-54(48)63(37-11-5)59(55)58)42-30-32-46-44-22-14-18-26-50(44)62(35-9-3,36-10-4)52(46)40-42/h1-6,13-32,39-40H,33-38H2. The highest BCUT2D eigenvalue weighted by molar-refractivity contribution is 6.32. The molecule has 0 saturated heterocycles. The highest BCUT2D eigenvalue weighted by atomic mass is 15.0. The van der Waals surface area contributed by atoms with Gasteiger partial charge in [0.15, 0.2) is 0 Å². The van der Waals surface area contributed by atoms with Crippen LogP contribution in [0.25, 0.3) is 88.1 Å². The zero-order valence-electron chi connectivity index (χ0n) is 35.3. The van der Waals surface area contributed by atoms with E-state index >= 15 is 0 Å². The molecule has 0 unspecified atom stereocenters. The van der Waals surface area contributed by atoms with Crippen molar-refractivity contribution in [3.63, 3.8) is 0 Å². The van der Waals surface area contributed by atoms with E-state index in [9.17, 15) is 0 Å². The van der Waals surface area contributed by atoms with Gasteiger partial charge in [-0.3, -0.25) is 0 Å². The molecule has 9 aromatic rings. The molecule has 0 spiro atoms. The largest absolute Gasteiger partial charge is 0.328 e. The predicted molar refractivity (Wildman–Crippen MR) is 267 cm³/mol. The first kappa shape index (κ1) is 38.4. The van der Waals surface area contributed by atoms with Crippen LogP contribution < -0.4 is 0 Å². The fraction of sp³-hybridized carbons (Fsp3) is 0.129. The lowest BCUT2D eigenvalue weighted by Gasteiger charge is -2.29. The van der Waals surface area contributed by atoms with Gasteiger partial charge in [-0.25, -0.2) is 0 Å². The van der Waals surface area contributed by atoms with E-state index in [1.165, 1.54) is 11.1 Å². The molecule has 0 radical (unpaired) electrons. The van der Waals surface area contributed by atoms with E-state index in [-0.39, 0.29) is 0 Å². The maximum atomic E-state index is 6.33. The van der Waals surface area contributed by atoms with Gasteiger partial charge in [0.2, 0.25) is 0 Å². The van der Waals surface area contributed by atoms with E-state index in [1.54, 1.807) is 0 Å². The number of terminal acetylenes is 6. The fourth-order valence-electron chi connectivity index (χ4n) is 11.7. The summed E-state index contributed by atoms with van der Waals surface area (Å²) in [5, 5.41) is 4.36. The van der Waals surface area contributed by atoms with Gasteiger partial charge in [0.25, 0.3) is 0 Å². The lowest BCUT2D eigenvalue weighted by atomic mass is 9.72. The van der Waals surface area contributed by atoms with Crippen molar-refractivity contribution in [2.45, 2.75) is 49.6 Å². The molecule has 0 saturated carbocycles. The molecule has 2 heterocycles. The van der Waals surface area contributed by atoms with Crippen LogP contribution in [0.2, 0.25) is 0 Å². The van der Waals surface area contributed by atoms with E-state index in [2.05, 4.69) is 178 Å². The minimum Gasteiger partial charge on any atom is -0.328 e. The Morgan fingerprint density at radius 3 is 1.12 bits per heavy atom. The van der Waals surface area contributed by atoms with Gasteiger partial charge in [0, 0.05) is 69.2 Å². The summed E-state index contributed by atoms with van der Waals surface area (Å²) in [5.41, 5.74) is 16.5. The van der Waals surface area contributed by atoms with Gasteiger partial charge in [-0.2, -0.15) is 0 Å². The molecule has 7 aromatic carbocycles. The number of aromatic nitrogens is 2. The molecule has 2 aliphatic rings. The molecule has 0 aliphatic heterocycles. The normalized spacial score (nSPS) is 13.5. The van der Waals surface area contributed by atoms with Crippen LogP contribution in [0, 0.1) is 74.1 Å². The fourth-order valence-corrected chi connectivity index (χ4v) is 11.7. The van der Waals surface area contributed by atoms with Crippen molar-refractivity contribution >= 4 is 43.6 Å². The Morgan fingerprint density at radius 2 is 0.734 bits per heavy atom. The Kier molecular flexibility index (Phi) is 8.74. The van der Waals surface area contributed by atoms with Crippen molar-refractivity contribution in [2.75, 3.05) is 0 Å². The van der Waals surface area contributed by atoms with Crippen LogP contribution in [0.4, 0.5) is 0 Å². The molecular formula is C62H40N2. The maximum Gasteiger partial charge on any atom is 0.0841 e. The number of para-hydroxylation sites is 2. The molecule has 64 heavy (non-hydrogen) atoms. The number of fused-ring (bicyclic) bond motifs is 12. The average molecular weight is 813 g/mol. The predicted octanol–water partition coefficient (Wildman–Crippen LogP) is 13.1. The number of hydrogen-bond donors (Lipinski definition) is 0. The van der Waals surface area contributed by atoms with Gasteiger partial charge >= 0.3 is 0 Å². The molecular weight excluding hydrogens is 773 g/mol. The first-order chi connectivity index (χ1) is 31.5. The van der Waals surface area contributed by atoms with Gasteiger partial charge < -0.3 is 9.13 Å². The van der Waals surface area contributed by atoms with Crippen molar-refractivity contribution in [1.82, 2.24) is 9.13 Å². The van der Waals surface area contributed by atoms with E-state index in [4.69, 9.17) is 38.5 Å². The summed E-state index contributed by atoms with van der Waals surface area (Å²) < 4.78 is 4.64. The number of nitrogens with zero attached hydrogens (tertiary/aromatic N) is 2. The van der Waals surface area contributed by atoms with E-state index in [0.29, 0.717) is 38.8 Å². The van der Waals surface area contributed by atoms with Crippen molar-refractivity contribution < 1.29 is 0 Å². The van der Waals surface area contributed by atoms with Crippen LogP contribution in [-0.4, -0.2) is 9.13 Å². The molecule has 2 nitrogen and oxygen atoms in total. The SMILES string of the molecule is C#CCn1c2ccccc2c2c(-c3ccc4c(c3)C(CC#C)(CC#C)c3ccccc3-4)c3c(c(-c4ccc5c(c4)C(CC#C)(CC#C)c4ccccc4-5)c21)c1ccccc1n3CC#C. The minimum atomic E-state index is -0.558. The van der Waals surface area contributed by atoms with Crippen LogP contribution in [0.5, 0.6) is 0 Å². The lowest BCUT2D eigenvalue weighted by Crippen LogP contribution is -2.24. The summed E-state index contributed by atoms with van der Waals surface area (Å²) in [6.07, 6.45) is 39.5. The van der Waals surface area contributed by atoms with Crippen molar-refractivity contribution in [3.8, 4) is 119 Å². The topological polar surface area (TPSA) is 9.86 Å². The van der Waals surface area contributed by atoms with Crippen molar-refractivity contribution in [1.29, 1.82) is 0 Å². The summed E-state index contributed by atoms with van der Waals surface area (Å²) in [7, 11) is 0. The summed E-state index contributed by atoms with van der Waals surface area (Å²) in [4.78, 5) is 0. The molecule has 2 heteroatoms. The third-order valence-electron chi connectivity index (χ3n) is 14.1. The van der Waals surface area contributed by atoms with Crippen molar-refractivity contribution in [2.24, 2.45) is 0 Å². The number of benzene rings is 7. The summed E-state index contributed by atoms with van der Waals surface area (Å²) in [6, 6.07) is 48.0.